The summed E-state index contributed by atoms with van der Waals surface area (Å²) in [5.41, 5.74) is 3.75. The third-order valence-corrected chi connectivity index (χ3v) is 6.30. The zero-order valence-corrected chi connectivity index (χ0v) is 18.9. The standard InChI is InChI=1S/C27H27N5O2/c33-26(19-7-3-1-2-4-8-19)29-21-13-10-18(11-14-21)25-30-22-15-12-20(17-23(22)31-25)27(34)32-24-9-5-6-16-28-24/h5-6,9-17,19H,1-4,7-8H2,(H,29,33)(H,30,31)(H,28,32,34). The number of hydrogen-bond donors (Lipinski definition) is 3. The summed E-state index contributed by atoms with van der Waals surface area (Å²) in [6.07, 6.45) is 8.31. The maximum atomic E-state index is 12.6. The first-order valence-corrected chi connectivity index (χ1v) is 11.8. The second-order valence-electron chi connectivity index (χ2n) is 8.74. The van der Waals surface area contributed by atoms with Crippen LogP contribution in [0, 0.1) is 5.92 Å². The van der Waals surface area contributed by atoms with Crippen LogP contribution in [0.1, 0.15) is 48.9 Å². The van der Waals surface area contributed by atoms with Crippen molar-refractivity contribution in [2.24, 2.45) is 5.92 Å². The maximum Gasteiger partial charge on any atom is 0.256 e. The predicted molar refractivity (Wildman–Crippen MR) is 134 cm³/mol. The van der Waals surface area contributed by atoms with Crippen molar-refractivity contribution in [2.75, 3.05) is 10.6 Å². The lowest BCUT2D eigenvalue weighted by Gasteiger charge is -2.14. The van der Waals surface area contributed by atoms with Gasteiger partial charge in [-0.2, -0.15) is 0 Å². The van der Waals surface area contributed by atoms with Crippen LogP contribution in [-0.4, -0.2) is 26.8 Å². The number of hydrogen-bond acceptors (Lipinski definition) is 4. The van der Waals surface area contributed by atoms with Gasteiger partial charge in [0.1, 0.15) is 11.6 Å². The maximum absolute atomic E-state index is 12.6. The summed E-state index contributed by atoms with van der Waals surface area (Å²) < 4.78 is 0. The van der Waals surface area contributed by atoms with Crippen LogP contribution < -0.4 is 10.6 Å². The molecule has 0 unspecified atom stereocenters. The van der Waals surface area contributed by atoms with Crippen LogP contribution >= 0.6 is 0 Å². The Labute approximate surface area is 198 Å². The number of carbonyl (C=O) groups excluding carboxylic acids is 2. The highest BCUT2D eigenvalue weighted by atomic mass is 16.2. The fourth-order valence-corrected chi connectivity index (χ4v) is 4.41. The molecule has 3 N–H and O–H groups in total. The topological polar surface area (TPSA) is 99.8 Å². The van der Waals surface area contributed by atoms with E-state index in [0.717, 1.165) is 42.5 Å². The lowest BCUT2D eigenvalue weighted by molar-refractivity contribution is -0.120. The van der Waals surface area contributed by atoms with E-state index < -0.39 is 0 Å². The molecule has 0 aliphatic heterocycles. The van der Waals surface area contributed by atoms with Gasteiger partial charge in [0, 0.05) is 28.9 Å². The molecule has 34 heavy (non-hydrogen) atoms. The van der Waals surface area contributed by atoms with Gasteiger partial charge in [-0.1, -0.05) is 31.7 Å². The highest BCUT2D eigenvalue weighted by molar-refractivity contribution is 6.05. The minimum atomic E-state index is -0.237. The molecule has 172 valence electrons. The number of fused-ring (bicyclic) bond motifs is 1. The number of aromatic nitrogens is 3. The van der Waals surface area contributed by atoms with Crippen LogP contribution in [0.2, 0.25) is 0 Å². The lowest BCUT2D eigenvalue weighted by Crippen LogP contribution is -2.22. The number of pyridine rings is 1. The van der Waals surface area contributed by atoms with Crippen LogP contribution in [0.25, 0.3) is 22.4 Å². The van der Waals surface area contributed by atoms with E-state index in [0.29, 0.717) is 22.7 Å². The number of amides is 2. The van der Waals surface area contributed by atoms with Gasteiger partial charge in [-0.15, -0.1) is 0 Å². The van der Waals surface area contributed by atoms with Gasteiger partial charge < -0.3 is 15.6 Å². The molecule has 7 heteroatoms. The lowest BCUT2D eigenvalue weighted by atomic mass is 9.99. The molecule has 0 spiro atoms. The molecule has 1 saturated carbocycles. The number of H-pyrrole nitrogens is 1. The molecule has 0 saturated heterocycles. The summed E-state index contributed by atoms with van der Waals surface area (Å²) in [6.45, 7) is 0. The van der Waals surface area contributed by atoms with Gasteiger partial charge in [0.25, 0.3) is 5.91 Å². The Morgan fingerprint density at radius 3 is 2.41 bits per heavy atom. The molecular formula is C27H27N5O2. The Balaban J connectivity index is 1.28. The minimum absolute atomic E-state index is 0.113. The summed E-state index contributed by atoms with van der Waals surface area (Å²) in [6, 6.07) is 18.4. The first-order chi connectivity index (χ1) is 16.7. The van der Waals surface area contributed by atoms with Crippen molar-refractivity contribution in [3.05, 3.63) is 72.4 Å². The molecule has 2 amide bonds. The van der Waals surface area contributed by atoms with Gasteiger partial charge in [-0.3, -0.25) is 9.59 Å². The zero-order valence-electron chi connectivity index (χ0n) is 18.9. The summed E-state index contributed by atoms with van der Waals surface area (Å²) in [5.74, 6) is 1.20. The summed E-state index contributed by atoms with van der Waals surface area (Å²) in [5, 5.41) is 5.85. The van der Waals surface area contributed by atoms with Crippen molar-refractivity contribution in [2.45, 2.75) is 38.5 Å². The van der Waals surface area contributed by atoms with Crippen molar-refractivity contribution in [3.63, 3.8) is 0 Å². The Hall–Kier alpha value is -4.00. The smallest absolute Gasteiger partial charge is 0.256 e. The van der Waals surface area contributed by atoms with Gasteiger partial charge in [-0.25, -0.2) is 9.97 Å². The van der Waals surface area contributed by atoms with Gasteiger partial charge in [-0.05, 0) is 67.4 Å². The van der Waals surface area contributed by atoms with E-state index in [1.165, 1.54) is 12.8 Å². The molecule has 0 bridgehead atoms. The molecule has 2 aromatic heterocycles. The number of benzene rings is 2. The highest BCUT2D eigenvalue weighted by Crippen LogP contribution is 2.26. The second kappa shape index (κ2) is 9.87. The van der Waals surface area contributed by atoms with Gasteiger partial charge in [0.2, 0.25) is 5.91 Å². The largest absolute Gasteiger partial charge is 0.338 e. The fourth-order valence-electron chi connectivity index (χ4n) is 4.41. The average molecular weight is 454 g/mol. The zero-order chi connectivity index (χ0) is 23.3. The van der Waals surface area contributed by atoms with Crippen molar-refractivity contribution in [1.29, 1.82) is 0 Å². The van der Waals surface area contributed by atoms with Gasteiger partial charge >= 0.3 is 0 Å². The molecule has 1 aliphatic carbocycles. The van der Waals surface area contributed by atoms with Crippen LogP contribution in [0.3, 0.4) is 0 Å². The van der Waals surface area contributed by atoms with Crippen LogP contribution in [0.5, 0.6) is 0 Å². The summed E-state index contributed by atoms with van der Waals surface area (Å²) in [7, 11) is 0. The minimum Gasteiger partial charge on any atom is -0.338 e. The van der Waals surface area contributed by atoms with Gasteiger partial charge in [0.15, 0.2) is 0 Å². The Bertz CT molecular complexity index is 1290. The average Bonchev–Trinajstić information content (AvgIpc) is 3.09. The molecule has 5 rings (SSSR count). The molecular weight excluding hydrogens is 426 g/mol. The normalized spacial score (nSPS) is 14.5. The van der Waals surface area contributed by atoms with E-state index in [2.05, 4.69) is 25.6 Å². The third kappa shape index (κ3) is 4.98. The Morgan fingerprint density at radius 1 is 0.882 bits per heavy atom. The third-order valence-electron chi connectivity index (χ3n) is 6.30. The monoisotopic (exact) mass is 453 g/mol. The summed E-state index contributed by atoms with van der Waals surface area (Å²) >= 11 is 0. The van der Waals surface area contributed by atoms with Gasteiger partial charge in [0.05, 0.1) is 11.0 Å². The molecule has 4 aromatic rings. The fraction of sp³-hybridized carbons (Fsp3) is 0.259. The molecule has 7 nitrogen and oxygen atoms in total. The van der Waals surface area contributed by atoms with Crippen LogP contribution in [0.15, 0.2) is 66.9 Å². The van der Waals surface area contributed by atoms with Crippen molar-refractivity contribution in [1.82, 2.24) is 15.0 Å². The number of rotatable bonds is 5. The number of anilines is 2. The van der Waals surface area contributed by atoms with E-state index in [1.54, 1.807) is 30.5 Å². The molecule has 0 radical (unpaired) electrons. The Morgan fingerprint density at radius 2 is 1.68 bits per heavy atom. The van der Waals surface area contributed by atoms with Crippen molar-refractivity contribution >= 4 is 34.4 Å². The molecule has 2 aromatic carbocycles. The van der Waals surface area contributed by atoms with E-state index in [4.69, 9.17) is 0 Å². The Kier molecular flexibility index (Phi) is 6.33. The number of nitrogens with zero attached hydrogens (tertiary/aromatic N) is 2. The number of carbonyl (C=O) groups is 2. The number of aromatic amines is 1. The highest BCUT2D eigenvalue weighted by Gasteiger charge is 2.20. The molecule has 1 fully saturated rings. The van der Waals surface area contributed by atoms with Crippen LogP contribution in [-0.2, 0) is 4.79 Å². The van der Waals surface area contributed by atoms with E-state index in [-0.39, 0.29) is 17.7 Å². The number of imidazole rings is 1. The summed E-state index contributed by atoms with van der Waals surface area (Å²) in [4.78, 5) is 37.3. The van der Waals surface area contributed by atoms with Crippen LogP contribution in [0.4, 0.5) is 11.5 Å². The SMILES string of the molecule is O=C(Nc1ccccn1)c1ccc2[nH]c(-c3ccc(NC(=O)C4CCCCCC4)cc3)nc2c1. The predicted octanol–water partition coefficient (Wildman–Crippen LogP) is 5.79. The first kappa shape index (κ1) is 21.8. The second-order valence-corrected chi connectivity index (χ2v) is 8.74. The van der Waals surface area contributed by atoms with E-state index in [1.807, 2.05) is 36.4 Å². The molecule has 0 atom stereocenters. The quantitative estimate of drug-likeness (QED) is 0.333. The van der Waals surface area contributed by atoms with E-state index >= 15 is 0 Å². The van der Waals surface area contributed by atoms with E-state index in [9.17, 15) is 9.59 Å². The molecule has 1 aliphatic rings. The van der Waals surface area contributed by atoms with Crippen molar-refractivity contribution in [3.8, 4) is 11.4 Å². The number of nitrogens with one attached hydrogen (secondary N) is 3. The molecule has 2 heterocycles. The van der Waals surface area contributed by atoms with Crippen molar-refractivity contribution < 1.29 is 9.59 Å². The first-order valence-electron chi connectivity index (χ1n) is 11.8.